The third-order valence-electron chi connectivity index (χ3n) is 7.16. The zero-order valence-corrected chi connectivity index (χ0v) is 20.5. The van der Waals surface area contributed by atoms with E-state index in [2.05, 4.69) is 6.92 Å². The molecule has 1 aliphatic rings. The van der Waals surface area contributed by atoms with Gasteiger partial charge in [-0.3, -0.25) is 4.79 Å². The van der Waals surface area contributed by atoms with E-state index in [-0.39, 0.29) is 5.92 Å². The molecule has 1 aromatic rings. The molecule has 0 aromatic heterocycles. The number of rotatable bonds is 18. The van der Waals surface area contributed by atoms with Gasteiger partial charge in [-0.2, -0.15) is 0 Å². The molecular formula is C29H47NO2. The number of carbonyl (C=O) groups excluding carboxylic acids is 1. The van der Waals surface area contributed by atoms with Gasteiger partial charge in [0.25, 0.3) is 5.91 Å². The first-order valence-corrected chi connectivity index (χ1v) is 13.4. The third-order valence-corrected chi connectivity index (χ3v) is 7.16. The number of primary amides is 1. The lowest BCUT2D eigenvalue weighted by Gasteiger charge is -2.36. The number of aliphatic hydroxyl groups is 1. The molecule has 0 saturated heterocycles. The number of benzene rings is 1. The summed E-state index contributed by atoms with van der Waals surface area (Å²) in [6.07, 6.45) is 26.2. The molecule has 0 fully saturated rings. The molecule has 0 saturated carbocycles. The van der Waals surface area contributed by atoms with Gasteiger partial charge in [-0.1, -0.05) is 146 Å². The van der Waals surface area contributed by atoms with Gasteiger partial charge in [0.2, 0.25) is 0 Å². The molecule has 1 aromatic carbocycles. The Balaban J connectivity index is 1.50. The van der Waals surface area contributed by atoms with Crippen molar-refractivity contribution < 1.29 is 9.90 Å². The first-order chi connectivity index (χ1) is 15.6. The molecule has 3 N–H and O–H groups in total. The number of carbonyl (C=O) groups is 1. The van der Waals surface area contributed by atoms with E-state index in [0.29, 0.717) is 5.56 Å². The molecule has 1 amide bonds. The quantitative estimate of drug-likeness (QED) is 0.230. The molecule has 3 nitrogen and oxygen atoms in total. The number of hydrogen-bond acceptors (Lipinski definition) is 2. The van der Waals surface area contributed by atoms with Gasteiger partial charge in [0.05, 0.1) is 0 Å². The molecule has 32 heavy (non-hydrogen) atoms. The summed E-state index contributed by atoms with van der Waals surface area (Å²) >= 11 is 0. The highest BCUT2D eigenvalue weighted by Crippen LogP contribution is 2.40. The fourth-order valence-electron chi connectivity index (χ4n) is 5.08. The Morgan fingerprint density at radius 1 is 0.812 bits per heavy atom. The van der Waals surface area contributed by atoms with Crippen molar-refractivity contribution in [1.82, 2.24) is 0 Å². The third kappa shape index (κ3) is 8.39. The smallest absolute Gasteiger partial charge is 0.254 e. The molecule has 0 radical (unpaired) electrons. The summed E-state index contributed by atoms with van der Waals surface area (Å²) in [5, 5.41) is 11.2. The maximum absolute atomic E-state index is 12.2. The Morgan fingerprint density at radius 2 is 1.28 bits per heavy atom. The van der Waals surface area contributed by atoms with Crippen molar-refractivity contribution in [3.63, 3.8) is 0 Å². The average molecular weight is 442 g/mol. The van der Waals surface area contributed by atoms with Crippen molar-refractivity contribution in [2.24, 2.45) is 11.7 Å². The molecule has 3 heteroatoms. The summed E-state index contributed by atoms with van der Waals surface area (Å²) in [5.41, 5.74) is 5.60. The summed E-state index contributed by atoms with van der Waals surface area (Å²) in [7, 11) is 0. The predicted octanol–water partition coefficient (Wildman–Crippen LogP) is 7.65. The first kappa shape index (κ1) is 26.6. The van der Waals surface area contributed by atoms with Crippen LogP contribution in [0, 0.1) is 5.92 Å². The van der Waals surface area contributed by atoms with E-state index in [1.807, 2.05) is 36.4 Å². The second-order valence-corrected chi connectivity index (χ2v) is 9.78. The molecule has 2 atom stereocenters. The summed E-state index contributed by atoms with van der Waals surface area (Å²) in [6.45, 7) is 2.28. The maximum atomic E-state index is 12.2. The Bertz CT molecular complexity index is 683. The van der Waals surface area contributed by atoms with Crippen molar-refractivity contribution in [3.8, 4) is 0 Å². The minimum atomic E-state index is -1.58. The van der Waals surface area contributed by atoms with Gasteiger partial charge in [0.1, 0.15) is 0 Å². The SMILES string of the molecule is CCCCCCCCCCCCCCCCCCC1C=Cc2ccccc2C1(O)C(N)=O. The van der Waals surface area contributed by atoms with Gasteiger partial charge in [0.15, 0.2) is 5.60 Å². The van der Waals surface area contributed by atoms with Crippen molar-refractivity contribution in [2.75, 3.05) is 0 Å². The van der Waals surface area contributed by atoms with Crippen molar-refractivity contribution >= 4 is 12.0 Å². The maximum Gasteiger partial charge on any atom is 0.254 e. The van der Waals surface area contributed by atoms with Crippen LogP contribution in [-0.2, 0) is 10.4 Å². The van der Waals surface area contributed by atoms with E-state index in [0.717, 1.165) is 24.8 Å². The number of hydrogen-bond donors (Lipinski definition) is 2. The summed E-state index contributed by atoms with van der Waals surface area (Å²) in [5.74, 6) is -0.877. The largest absolute Gasteiger partial charge is 0.375 e. The zero-order chi connectivity index (χ0) is 23.1. The zero-order valence-electron chi connectivity index (χ0n) is 20.5. The standard InChI is InChI=1S/C29H47NO2/c1-2-3-4-5-6-7-8-9-10-11-12-13-14-15-16-17-21-26-24-23-25-20-18-19-22-27(25)29(26,32)28(30)31/h18-20,22-24,26,32H,2-17,21H2,1H3,(H2,30,31). The topological polar surface area (TPSA) is 63.3 Å². The van der Waals surface area contributed by atoms with E-state index in [9.17, 15) is 9.90 Å². The highest BCUT2D eigenvalue weighted by molar-refractivity contribution is 5.88. The minimum absolute atomic E-state index is 0.235. The highest BCUT2D eigenvalue weighted by atomic mass is 16.3. The van der Waals surface area contributed by atoms with Crippen LogP contribution in [0.25, 0.3) is 6.08 Å². The van der Waals surface area contributed by atoms with E-state index in [1.54, 1.807) is 0 Å². The van der Waals surface area contributed by atoms with Crippen molar-refractivity contribution in [2.45, 2.75) is 122 Å². The summed E-state index contributed by atoms with van der Waals surface area (Å²) < 4.78 is 0. The van der Waals surface area contributed by atoms with Gasteiger partial charge in [-0.25, -0.2) is 0 Å². The molecule has 0 bridgehead atoms. The lowest BCUT2D eigenvalue weighted by molar-refractivity contribution is -0.142. The molecule has 0 aliphatic heterocycles. The second-order valence-electron chi connectivity index (χ2n) is 9.78. The Labute approximate surface area is 196 Å². The van der Waals surface area contributed by atoms with E-state index < -0.39 is 11.5 Å². The molecule has 2 unspecified atom stereocenters. The van der Waals surface area contributed by atoms with E-state index in [1.165, 1.54) is 89.9 Å². The highest BCUT2D eigenvalue weighted by Gasteiger charge is 2.45. The molecule has 1 aliphatic carbocycles. The van der Waals surface area contributed by atoms with Crippen LogP contribution in [0.15, 0.2) is 30.3 Å². The monoisotopic (exact) mass is 441 g/mol. The van der Waals surface area contributed by atoms with Gasteiger partial charge < -0.3 is 10.8 Å². The number of amides is 1. The van der Waals surface area contributed by atoms with Crippen LogP contribution < -0.4 is 5.73 Å². The Morgan fingerprint density at radius 3 is 1.78 bits per heavy atom. The molecular weight excluding hydrogens is 394 g/mol. The molecule has 180 valence electrons. The van der Waals surface area contributed by atoms with Crippen LogP contribution in [-0.4, -0.2) is 11.0 Å². The second kappa shape index (κ2) is 15.3. The Kier molecular flexibility index (Phi) is 12.7. The predicted molar refractivity (Wildman–Crippen MR) is 136 cm³/mol. The lowest BCUT2D eigenvalue weighted by atomic mass is 9.73. The van der Waals surface area contributed by atoms with Gasteiger partial charge in [0, 0.05) is 11.5 Å². The average Bonchev–Trinajstić information content (AvgIpc) is 2.80. The van der Waals surface area contributed by atoms with Gasteiger partial charge >= 0.3 is 0 Å². The molecule has 0 spiro atoms. The summed E-state index contributed by atoms with van der Waals surface area (Å²) in [6, 6.07) is 7.52. The van der Waals surface area contributed by atoms with Crippen LogP contribution >= 0.6 is 0 Å². The van der Waals surface area contributed by atoms with Crippen LogP contribution in [0.2, 0.25) is 0 Å². The van der Waals surface area contributed by atoms with Crippen molar-refractivity contribution in [3.05, 3.63) is 41.5 Å². The summed E-state index contributed by atoms with van der Waals surface area (Å²) in [4.78, 5) is 12.2. The van der Waals surface area contributed by atoms with E-state index >= 15 is 0 Å². The van der Waals surface area contributed by atoms with Crippen LogP contribution in [0.1, 0.15) is 127 Å². The Hall–Kier alpha value is -1.61. The molecule has 0 heterocycles. The minimum Gasteiger partial charge on any atom is -0.375 e. The first-order valence-electron chi connectivity index (χ1n) is 13.4. The molecule has 2 rings (SSSR count). The van der Waals surface area contributed by atoms with E-state index in [4.69, 9.17) is 5.73 Å². The van der Waals surface area contributed by atoms with Crippen molar-refractivity contribution in [1.29, 1.82) is 0 Å². The van der Waals surface area contributed by atoms with Gasteiger partial charge in [-0.15, -0.1) is 0 Å². The van der Waals surface area contributed by atoms with Gasteiger partial charge in [-0.05, 0) is 12.0 Å². The number of nitrogens with two attached hydrogens (primary N) is 1. The number of fused-ring (bicyclic) bond motifs is 1. The van der Waals surface area contributed by atoms with Crippen LogP contribution in [0.5, 0.6) is 0 Å². The lowest BCUT2D eigenvalue weighted by Crippen LogP contribution is -2.48. The normalized spacial score (nSPS) is 19.8. The van der Waals surface area contributed by atoms with Crippen LogP contribution in [0.4, 0.5) is 0 Å². The fraction of sp³-hybridized carbons (Fsp3) is 0.690. The fourth-order valence-corrected chi connectivity index (χ4v) is 5.08. The van der Waals surface area contributed by atoms with Crippen LogP contribution in [0.3, 0.4) is 0 Å². The number of unbranched alkanes of at least 4 members (excludes halogenated alkanes) is 15.